The molecule has 1 saturated carbocycles. The molecule has 5 nitrogen and oxygen atoms in total. The van der Waals surface area contributed by atoms with Gasteiger partial charge in [-0.2, -0.15) is 0 Å². The molecule has 202 valence electrons. The van der Waals surface area contributed by atoms with Crippen LogP contribution < -0.4 is 5.48 Å². The first-order valence-electron chi connectivity index (χ1n) is 13.9. The van der Waals surface area contributed by atoms with Crippen molar-refractivity contribution in [3.8, 4) is 0 Å². The number of carbonyl (C=O) groups is 2. The van der Waals surface area contributed by atoms with Crippen molar-refractivity contribution < 1.29 is 19.2 Å². The number of hydroxylamine groups is 1. The van der Waals surface area contributed by atoms with Gasteiger partial charge in [0.25, 0.3) is 0 Å². The highest BCUT2D eigenvalue weighted by molar-refractivity contribution is 6.12. The summed E-state index contributed by atoms with van der Waals surface area (Å²) in [4.78, 5) is 31.7. The number of ether oxygens (including phenoxy) is 1. The van der Waals surface area contributed by atoms with E-state index in [0.29, 0.717) is 17.0 Å². The van der Waals surface area contributed by atoms with Crippen molar-refractivity contribution in [3.63, 3.8) is 0 Å². The molecule has 1 heterocycles. The summed E-state index contributed by atoms with van der Waals surface area (Å²) in [5, 5.41) is 0. The van der Waals surface area contributed by atoms with Gasteiger partial charge in [0.2, 0.25) is 0 Å². The molecule has 0 bridgehead atoms. The number of nitrogens with one attached hydrogen (secondary N) is 1. The van der Waals surface area contributed by atoms with Crippen molar-refractivity contribution in [2.24, 2.45) is 0 Å². The Morgan fingerprint density at radius 2 is 1.38 bits per heavy atom. The Hall–Kier alpha value is -3.70. The lowest BCUT2D eigenvalue weighted by Crippen LogP contribution is -2.24. The van der Waals surface area contributed by atoms with Crippen LogP contribution in [-0.4, -0.2) is 25.0 Å². The van der Waals surface area contributed by atoms with Crippen LogP contribution in [0.25, 0.3) is 11.3 Å². The summed E-state index contributed by atoms with van der Waals surface area (Å²) < 4.78 is 4.84. The van der Waals surface area contributed by atoms with Gasteiger partial charge in [-0.15, -0.1) is 0 Å². The van der Waals surface area contributed by atoms with Gasteiger partial charge in [-0.3, -0.25) is 15.1 Å². The molecule has 0 spiro atoms. The molecule has 2 aliphatic rings. The first kappa shape index (κ1) is 26.9. The van der Waals surface area contributed by atoms with Gasteiger partial charge >= 0.3 is 5.97 Å². The van der Waals surface area contributed by atoms with E-state index in [0.717, 1.165) is 22.4 Å². The number of methoxy groups -OCH3 is 1. The first-order chi connectivity index (χ1) is 18.8. The summed E-state index contributed by atoms with van der Waals surface area (Å²) in [5.74, 6) is 0.107. The van der Waals surface area contributed by atoms with Crippen molar-refractivity contribution in [1.82, 2.24) is 5.48 Å². The SMILES string of the molecule is COC(=O)c1ccc(C2=C(c3ccc(C4CCCCC4)cc3)C(C(=O)c3ccc(C(C)(C)C)cc3)ON2)cc1. The minimum atomic E-state index is -0.804. The molecule has 1 aliphatic heterocycles. The second kappa shape index (κ2) is 11.2. The largest absolute Gasteiger partial charge is 0.465 e. The van der Waals surface area contributed by atoms with Crippen molar-refractivity contribution in [3.05, 3.63) is 106 Å². The van der Waals surface area contributed by atoms with E-state index < -0.39 is 12.1 Å². The standard InChI is InChI=1S/C34H37NO4/c1-34(2,3)28-20-18-26(19-21-28)31(36)32-29(24-12-10-23(11-13-24)22-8-6-5-7-9-22)30(35-39-32)25-14-16-27(17-15-25)33(37)38-4/h10-22,32,35H,5-9H2,1-4H3. The van der Waals surface area contributed by atoms with Crippen LogP contribution in [-0.2, 0) is 15.0 Å². The number of hydrogen-bond acceptors (Lipinski definition) is 5. The van der Waals surface area contributed by atoms with E-state index in [1.165, 1.54) is 50.3 Å². The summed E-state index contributed by atoms with van der Waals surface area (Å²) in [7, 11) is 1.37. The van der Waals surface area contributed by atoms with Gasteiger partial charge in [0.05, 0.1) is 18.4 Å². The van der Waals surface area contributed by atoms with Crippen LogP contribution in [0.4, 0.5) is 0 Å². The van der Waals surface area contributed by atoms with Crippen molar-refractivity contribution in [2.75, 3.05) is 7.11 Å². The molecule has 3 aromatic rings. The molecule has 1 fully saturated rings. The predicted octanol–water partition coefficient (Wildman–Crippen LogP) is 7.47. The van der Waals surface area contributed by atoms with E-state index in [4.69, 9.17) is 9.57 Å². The molecule has 0 saturated heterocycles. The molecule has 0 aromatic heterocycles. The summed E-state index contributed by atoms with van der Waals surface area (Å²) in [6.45, 7) is 6.47. The molecule has 5 rings (SSSR count). The first-order valence-corrected chi connectivity index (χ1v) is 13.9. The molecule has 1 unspecified atom stereocenters. The quantitative estimate of drug-likeness (QED) is 0.268. The molecule has 39 heavy (non-hydrogen) atoms. The fraction of sp³-hybridized carbons (Fsp3) is 0.353. The number of rotatable bonds is 6. The predicted molar refractivity (Wildman–Crippen MR) is 154 cm³/mol. The maximum absolute atomic E-state index is 13.8. The van der Waals surface area contributed by atoms with Gasteiger partial charge in [-0.25, -0.2) is 4.79 Å². The lowest BCUT2D eigenvalue weighted by atomic mass is 9.83. The normalized spacial score (nSPS) is 18.1. The number of benzene rings is 3. The smallest absolute Gasteiger partial charge is 0.337 e. The lowest BCUT2D eigenvalue weighted by molar-refractivity contribution is 0.0435. The number of carbonyl (C=O) groups excluding carboxylic acids is 2. The van der Waals surface area contributed by atoms with Crippen molar-refractivity contribution in [1.29, 1.82) is 0 Å². The highest BCUT2D eigenvalue weighted by atomic mass is 16.7. The fourth-order valence-electron chi connectivity index (χ4n) is 5.61. The van der Waals surface area contributed by atoms with E-state index in [-0.39, 0.29) is 11.2 Å². The van der Waals surface area contributed by atoms with Gasteiger partial charge in [-0.1, -0.05) is 101 Å². The van der Waals surface area contributed by atoms with E-state index in [1.54, 1.807) is 12.1 Å². The summed E-state index contributed by atoms with van der Waals surface area (Å²) in [6, 6.07) is 23.6. The van der Waals surface area contributed by atoms with E-state index in [9.17, 15) is 9.59 Å². The number of Topliss-reactive ketones (excluding diaryl/α,β-unsaturated/α-hetero) is 1. The van der Waals surface area contributed by atoms with Crippen molar-refractivity contribution >= 4 is 23.0 Å². The maximum Gasteiger partial charge on any atom is 0.337 e. The van der Waals surface area contributed by atoms with Gasteiger partial charge in [-0.05, 0) is 53.0 Å². The molecular weight excluding hydrogens is 486 g/mol. The average molecular weight is 524 g/mol. The van der Waals surface area contributed by atoms with E-state index in [1.807, 2.05) is 36.4 Å². The third-order valence-electron chi connectivity index (χ3n) is 7.98. The second-order valence-corrected chi connectivity index (χ2v) is 11.6. The number of hydrogen-bond donors (Lipinski definition) is 1. The van der Waals surface area contributed by atoms with Crippen molar-refractivity contribution in [2.45, 2.75) is 70.3 Å². The van der Waals surface area contributed by atoms with E-state index >= 15 is 0 Å². The zero-order valence-corrected chi connectivity index (χ0v) is 23.3. The van der Waals surface area contributed by atoms with Gasteiger partial charge < -0.3 is 4.74 Å². The molecule has 1 aliphatic carbocycles. The number of esters is 1. The molecule has 5 heteroatoms. The zero-order chi connectivity index (χ0) is 27.6. The van der Waals surface area contributed by atoms with Crippen LogP contribution in [0.2, 0.25) is 0 Å². The molecule has 1 atom stereocenters. The number of ketones is 1. The molecule has 3 aromatic carbocycles. The van der Waals surface area contributed by atoms with Gasteiger partial charge in [0.1, 0.15) is 0 Å². The minimum absolute atomic E-state index is 0.00165. The second-order valence-electron chi connectivity index (χ2n) is 11.6. The van der Waals surface area contributed by atoms with Crippen LogP contribution in [0.3, 0.4) is 0 Å². The van der Waals surface area contributed by atoms with Crippen LogP contribution >= 0.6 is 0 Å². The Kier molecular flexibility index (Phi) is 7.72. The maximum atomic E-state index is 13.8. The Morgan fingerprint density at radius 1 is 0.795 bits per heavy atom. The van der Waals surface area contributed by atoms with Gasteiger partial charge in [0.15, 0.2) is 11.9 Å². The molecular formula is C34H37NO4. The molecule has 0 amide bonds. The Morgan fingerprint density at radius 3 is 1.97 bits per heavy atom. The third-order valence-corrected chi connectivity index (χ3v) is 7.98. The minimum Gasteiger partial charge on any atom is -0.465 e. The molecule has 1 N–H and O–H groups in total. The lowest BCUT2D eigenvalue weighted by Gasteiger charge is -2.22. The zero-order valence-electron chi connectivity index (χ0n) is 23.3. The Bertz CT molecular complexity index is 1360. The third kappa shape index (κ3) is 5.69. The Labute approximate surface area is 231 Å². The summed E-state index contributed by atoms with van der Waals surface area (Å²) in [6.07, 6.45) is 5.55. The Balaban J connectivity index is 1.52. The molecule has 0 radical (unpaired) electrons. The van der Waals surface area contributed by atoms with Crippen LogP contribution in [0, 0.1) is 0 Å². The average Bonchev–Trinajstić information content (AvgIpc) is 3.42. The van der Waals surface area contributed by atoms with E-state index in [2.05, 4.69) is 50.5 Å². The van der Waals surface area contributed by atoms with Gasteiger partial charge in [0, 0.05) is 16.7 Å². The van der Waals surface area contributed by atoms with Crippen LogP contribution in [0.5, 0.6) is 0 Å². The summed E-state index contributed by atoms with van der Waals surface area (Å²) >= 11 is 0. The topological polar surface area (TPSA) is 64.6 Å². The summed E-state index contributed by atoms with van der Waals surface area (Å²) in [5.41, 5.74) is 9.92. The monoisotopic (exact) mass is 523 g/mol. The fourth-order valence-corrected chi connectivity index (χ4v) is 5.61. The highest BCUT2D eigenvalue weighted by Crippen LogP contribution is 2.38. The highest BCUT2D eigenvalue weighted by Gasteiger charge is 2.35. The van der Waals surface area contributed by atoms with Crippen LogP contribution in [0.1, 0.15) is 102 Å². The van der Waals surface area contributed by atoms with Crippen LogP contribution in [0.15, 0.2) is 72.8 Å².